The van der Waals surface area contributed by atoms with Gasteiger partial charge >= 0.3 is 5.97 Å². The number of carboxylic acid groups (broad SMARTS) is 1. The van der Waals surface area contributed by atoms with Gasteiger partial charge in [0.05, 0.1) is 6.61 Å². The molecule has 0 aliphatic carbocycles. The highest BCUT2D eigenvalue weighted by atomic mass is 16.7. The second kappa shape index (κ2) is 8.70. The van der Waals surface area contributed by atoms with E-state index in [0.29, 0.717) is 13.0 Å². The molecule has 0 aromatic rings. The molecule has 1 saturated heterocycles. The Morgan fingerprint density at radius 1 is 1.18 bits per heavy atom. The first-order valence-corrected chi connectivity index (χ1v) is 7.12. The number of carboxylic acids is 1. The number of aliphatic carboxylic acids is 1. The largest absolute Gasteiger partial charge is 0.477 e. The summed E-state index contributed by atoms with van der Waals surface area (Å²) in [6.07, 6.45) is -6.66. The molecule has 0 unspecified atom stereocenters. The number of aliphatic hydroxyl groups is 4. The van der Waals surface area contributed by atoms with E-state index >= 15 is 0 Å². The number of aliphatic hydroxyl groups excluding tert-OH is 4. The van der Waals surface area contributed by atoms with E-state index in [1.54, 1.807) is 0 Å². The van der Waals surface area contributed by atoms with Crippen LogP contribution >= 0.6 is 0 Å². The van der Waals surface area contributed by atoms with Crippen molar-refractivity contribution in [3.05, 3.63) is 0 Å². The van der Waals surface area contributed by atoms with Gasteiger partial charge in [-0.05, 0) is 6.42 Å². The normalized spacial score (nSPS) is 35.1. The SMILES string of the molecule is [NH3+]C[C@@H](CC[C@H]([NH3+])C(=O)O)O[C@@H]1O[C@H](CO)[C@H](O)[C@H](O)[C@H]1O. The van der Waals surface area contributed by atoms with Gasteiger partial charge in [-0.25, -0.2) is 4.79 Å². The van der Waals surface area contributed by atoms with E-state index in [2.05, 4.69) is 11.5 Å². The van der Waals surface area contributed by atoms with E-state index in [1.165, 1.54) is 0 Å². The van der Waals surface area contributed by atoms with Crippen molar-refractivity contribution < 1.29 is 51.3 Å². The molecule has 10 heteroatoms. The highest BCUT2D eigenvalue weighted by Crippen LogP contribution is 2.23. The lowest BCUT2D eigenvalue weighted by molar-refractivity contribution is -0.416. The van der Waals surface area contributed by atoms with Crippen LogP contribution in [0.25, 0.3) is 0 Å². The molecule has 1 aliphatic heterocycles. The van der Waals surface area contributed by atoms with Crippen LogP contribution in [-0.2, 0) is 14.3 Å². The summed E-state index contributed by atoms with van der Waals surface area (Å²) in [5, 5.41) is 47.1. The maximum absolute atomic E-state index is 10.7. The van der Waals surface area contributed by atoms with Crippen LogP contribution in [0.15, 0.2) is 0 Å². The lowest BCUT2D eigenvalue weighted by Crippen LogP contribution is -2.65. The first-order chi connectivity index (χ1) is 10.3. The molecule has 10 nitrogen and oxygen atoms in total. The zero-order valence-electron chi connectivity index (χ0n) is 12.2. The van der Waals surface area contributed by atoms with Gasteiger partial charge in [-0.1, -0.05) is 0 Å². The van der Waals surface area contributed by atoms with Crippen molar-refractivity contribution in [1.29, 1.82) is 0 Å². The lowest BCUT2D eigenvalue weighted by atomic mass is 9.99. The molecule has 22 heavy (non-hydrogen) atoms. The smallest absolute Gasteiger partial charge is 0.362 e. The third-order valence-electron chi connectivity index (χ3n) is 3.68. The molecule has 0 aromatic heterocycles. The Kier molecular flexibility index (Phi) is 7.59. The fourth-order valence-electron chi connectivity index (χ4n) is 2.16. The van der Waals surface area contributed by atoms with Crippen molar-refractivity contribution in [3.8, 4) is 0 Å². The second-order valence-corrected chi connectivity index (χ2v) is 5.36. The molecule has 1 rings (SSSR count). The van der Waals surface area contributed by atoms with Crippen LogP contribution in [0.2, 0.25) is 0 Å². The van der Waals surface area contributed by atoms with Crippen LogP contribution in [0.1, 0.15) is 12.8 Å². The van der Waals surface area contributed by atoms with Crippen LogP contribution < -0.4 is 11.5 Å². The molecular weight excluding hydrogens is 300 g/mol. The van der Waals surface area contributed by atoms with Gasteiger partial charge in [0.25, 0.3) is 0 Å². The van der Waals surface area contributed by atoms with Gasteiger partial charge in [-0.3, -0.25) is 0 Å². The molecule has 1 fully saturated rings. The van der Waals surface area contributed by atoms with Gasteiger partial charge in [0.15, 0.2) is 12.3 Å². The van der Waals surface area contributed by atoms with E-state index in [0.717, 1.165) is 0 Å². The van der Waals surface area contributed by atoms with Crippen molar-refractivity contribution in [3.63, 3.8) is 0 Å². The van der Waals surface area contributed by atoms with Gasteiger partial charge in [-0.15, -0.1) is 0 Å². The molecule has 0 amide bonds. The van der Waals surface area contributed by atoms with Crippen molar-refractivity contribution >= 4 is 5.97 Å². The number of rotatable bonds is 8. The molecular formula is C12H26N2O8+2. The van der Waals surface area contributed by atoms with Crippen LogP contribution in [0.5, 0.6) is 0 Å². The number of carbonyl (C=O) groups is 1. The Morgan fingerprint density at radius 3 is 2.32 bits per heavy atom. The highest BCUT2D eigenvalue weighted by molar-refractivity contribution is 5.71. The first kappa shape index (κ1) is 19.2. The molecule has 0 bridgehead atoms. The van der Waals surface area contributed by atoms with E-state index < -0.39 is 55.4 Å². The van der Waals surface area contributed by atoms with Gasteiger partial charge in [0.1, 0.15) is 37.1 Å². The van der Waals surface area contributed by atoms with Crippen molar-refractivity contribution in [2.75, 3.05) is 13.2 Å². The Hall–Kier alpha value is -0.850. The van der Waals surface area contributed by atoms with Crippen LogP contribution in [0.3, 0.4) is 0 Å². The number of hydrogen-bond acceptors (Lipinski definition) is 7. The molecule has 1 aliphatic rings. The third kappa shape index (κ3) is 4.83. The monoisotopic (exact) mass is 326 g/mol. The van der Waals surface area contributed by atoms with Crippen molar-refractivity contribution in [2.24, 2.45) is 0 Å². The zero-order chi connectivity index (χ0) is 16.9. The summed E-state index contributed by atoms with van der Waals surface area (Å²) in [5.74, 6) is -1.02. The fraction of sp³-hybridized carbons (Fsp3) is 0.917. The van der Waals surface area contributed by atoms with Gasteiger partial charge in [0, 0.05) is 6.42 Å². The number of ether oxygens (including phenoxy) is 2. The molecule has 1 heterocycles. The van der Waals surface area contributed by atoms with Gasteiger partial charge in [0.2, 0.25) is 0 Å². The topological polar surface area (TPSA) is 192 Å². The summed E-state index contributed by atoms with van der Waals surface area (Å²) in [7, 11) is 0. The maximum atomic E-state index is 10.7. The summed E-state index contributed by atoms with van der Waals surface area (Å²) in [6, 6.07) is -0.785. The zero-order valence-corrected chi connectivity index (χ0v) is 12.2. The molecule has 130 valence electrons. The summed E-state index contributed by atoms with van der Waals surface area (Å²) >= 11 is 0. The molecule has 11 N–H and O–H groups in total. The molecule has 7 atom stereocenters. The van der Waals surface area contributed by atoms with E-state index in [1.807, 2.05) is 0 Å². The fourth-order valence-corrected chi connectivity index (χ4v) is 2.16. The molecule has 0 spiro atoms. The Bertz CT molecular complexity index is 356. The third-order valence-corrected chi connectivity index (χ3v) is 3.68. The summed E-state index contributed by atoms with van der Waals surface area (Å²) in [4.78, 5) is 10.7. The van der Waals surface area contributed by atoms with E-state index in [-0.39, 0.29) is 6.42 Å². The quantitative estimate of drug-likeness (QED) is 0.230. The second-order valence-electron chi connectivity index (χ2n) is 5.36. The minimum absolute atomic E-state index is 0.257. The van der Waals surface area contributed by atoms with Crippen LogP contribution in [0.4, 0.5) is 0 Å². The average molecular weight is 326 g/mol. The molecule has 0 saturated carbocycles. The Labute approximate surface area is 127 Å². The lowest BCUT2D eigenvalue weighted by Gasteiger charge is -2.40. The van der Waals surface area contributed by atoms with E-state index in [9.17, 15) is 20.1 Å². The van der Waals surface area contributed by atoms with Gasteiger partial charge < -0.3 is 46.5 Å². The first-order valence-electron chi connectivity index (χ1n) is 7.12. The van der Waals surface area contributed by atoms with Crippen molar-refractivity contribution in [1.82, 2.24) is 0 Å². The van der Waals surface area contributed by atoms with Gasteiger partial charge in [-0.2, -0.15) is 0 Å². The summed E-state index contributed by atoms with van der Waals surface area (Å²) < 4.78 is 10.7. The standard InChI is InChI=1S/C12H24N2O8/c13-3-5(1-2-6(14)11(19)20)21-12-10(18)9(17)8(16)7(4-15)22-12/h5-10,12,15-18H,1-4,13-14H2,(H,19,20)/p+2/t5-,6+,7-,8+,9+,10-,12-/m1/s1. The molecule has 0 radical (unpaired) electrons. The predicted molar refractivity (Wildman–Crippen MR) is 69.9 cm³/mol. The Morgan fingerprint density at radius 2 is 1.82 bits per heavy atom. The van der Waals surface area contributed by atoms with Crippen molar-refractivity contribution in [2.45, 2.75) is 55.7 Å². The van der Waals surface area contributed by atoms with Crippen LogP contribution in [-0.4, -0.2) is 87.5 Å². The van der Waals surface area contributed by atoms with E-state index in [4.69, 9.17) is 19.7 Å². The highest BCUT2D eigenvalue weighted by Gasteiger charge is 2.44. The minimum Gasteiger partial charge on any atom is -0.477 e. The summed E-state index contributed by atoms with van der Waals surface area (Å²) in [6.45, 7) is -0.249. The summed E-state index contributed by atoms with van der Waals surface area (Å²) in [5.41, 5.74) is 7.17. The number of quaternary nitrogens is 2. The van der Waals surface area contributed by atoms with Crippen LogP contribution in [0, 0.1) is 0 Å². The number of hydrogen-bond donors (Lipinski definition) is 7. The maximum Gasteiger partial charge on any atom is 0.362 e. The Balaban J connectivity index is 2.59. The average Bonchev–Trinajstić information content (AvgIpc) is 2.50. The minimum atomic E-state index is -1.51. The predicted octanol–water partition coefficient (Wildman–Crippen LogP) is -5.11. The molecule has 0 aromatic carbocycles.